The van der Waals surface area contributed by atoms with E-state index in [9.17, 15) is 12.8 Å². The molecule has 2 aromatic rings. The summed E-state index contributed by atoms with van der Waals surface area (Å²) in [6.07, 6.45) is 0. The lowest BCUT2D eigenvalue weighted by Gasteiger charge is -2.20. The van der Waals surface area contributed by atoms with Crippen molar-refractivity contribution in [2.45, 2.75) is 11.8 Å². The maximum absolute atomic E-state index is 13.6. The number of rotatable bonds is 3. The van der Waals surface area contributed by atoms with E-state index in [0.717, 1.165) is 15.9 Å². The molecule has 0 aliphatic rings. The summed E-state index contributed by atoms with van der Waals surface area (Å²) < 4.78 is 39.4. The van der Waals surface area contributed by atoms with E-state index in [1.54, 1.807) is 18.2 Å². The van der Waals surface area contributed by atoms with Gasteiger partial charge in [0.05, 0.1) is 5.69 Å². The monoisotopic (exact) mass is 279 g/mol. The number of anilines is 1. The zero-order chi connectivity index (χ0) is 14.0. The smallest absolute Gasteiger partial charge is 0.266 e. The van der Waals surface area contributed by atoms with Gasteiger partial charge in [-0.25, -0.2) is 12.8 Å². The third kappa shape index (κ3) is 2.61. The van der Waals surface area contributed by atoms with Crippen molar-refractivity contribution in [3.05, 3.63) is 59.9 Å². The molecule has 0 amide bonds. The van der Waals surface area contributed by atoms with Crippen molar-refractivity contribution in [2.75, 3.05) is 11.4 Å². The molecule has 0 bridgehead atoms. The lowest BCUT2D eigenvalue weighted by Crippen LogP contribution is -2.27. The Bertz CT molecular complexity index is 698. The molecule has 0 atom stereocenters. The lowest BCUT2D eigenvalue weighted by atomic mass is 10.2. The summed E-state index contributed by atoms with van der Waals surface area (Å²) in [5.74, 6) is -0.748. The number of sulfonamides is 1. The van der Waals surface area contributed by atoms with Crippen molar-refractivity contribution in [3.8, 4) is 0 Å². The fourth-order valence-corrected chi connectivity index (χ4v) is 3.02. The van der Waals surface area contributed by atoms with Crippen molar-refractivity contribution in [1.82, 2.24) is 0 Å². The average Bonchev–Trinajstić information content (AvgIpc) is 2.38. The summed E-state index contributed by atoms with van der Waals surface area (Å²) in [7, 11) is -2.47. The van der Waals surface area contributed by atoms with Gasteiger partial charge in [0.15, 0.2) is 0 Å². The second kappa shape index (κ2) is 5.01. The Morgan fingerprint density at radius 3 is 2.37 bits per heavy atom. The fourth-order valence-electron chi connectivity index (χ4n) is 1.76. The van der Waals surface area contributed by atoms with Gasteiger partial charge in [0.2, 0.25) is 0 Å². The number of aryl methyl sites for hydroxylation is 1. The van der Waals surface area contributed by atoms with Gasteiger partial charge in [-0.3, -0.25) is 4.31 Å². The van der Waals surface area contributed by atoms with E-state index in [2.05, 4.69) is 0 Å². The fraction of sp³-hybridized carbons (Fsp3) is 0.143. The van der Waals surface area contributed by atoms with Crippen LogP contribution in [0.3, 0.4) is 0 Å². The second-order valence-electron chi connectivity index (χ2n) is 4.24. The summed E-state index contributed by atoms with van der Waals surface area (Å²) in [5, 5.41) is 0. The van der Waals surface area contributed by atoms with Crippen LogP contribution in [0.15, 0.2) is 53.4 Å². The molecule has 2 rings (SSSR count). The van der Waals surface area contributed by atoms with Crippen LogP contribution in [0.1, 0.15) is 5.56 Å². The van der Waals surface area contributed by atoms with E-state index >= 15 is 0 Å². The van der Waals surface area contributed by atoms with Crippen LogP contribution in [0.2, 0.25) is 0 Å². The van der Waals surface area contributed by atoms with Crippen molar-refractivity contribution >= 4 is 15.7 Å². The van der Waals surface area contributed by atoms with Gasteiger partial charge in [-0.05, 0) is 36.8 Å². The molecule has 3 nitrogen and oxygen atoms in total. The van der Waals surface area contributed by atoms with Crippen LogP contribution in [-0.2, 0) is 10.0 Å². The molecule has 0 heterocycles. The number of hydrogen-bond acceptors (Lipinski definition) is 2. The number of nitrogens with zero attached hydrogens (tertiary/aromatic N) is 1. The Kier molecular flexibility index (Phi) is 3.57. The maximum Gasteiger partial charge on any atom is 0.266 e. The zero-order valence-electron chi connectivity index (χ0n) is 10.7. The first-order valence-corrected chi connectivity index (χ1v) is 7.17. The van der Waals surface area contributed by atoms with Crippen LogP contribution in [0.25, 0.3) is 0 Å². The maximum atomic E-state index is 13.6. The molecule has 0 radical (unpaired) electrons. The normalized spacial score (nSPS) is 11.3. The SMILES string of the molecule is Cc1cccc(N(C)S(=O)(=O)c2ccccc2F)c1. The highest BCUT2D eigenvalue weighted by Gasteiger charge is 2.24. The van der Waals surface area contributed by atoms with Crippen molar-refractivity contribution in [1.29, 1.82) is 0 Å². The van der Waals surface area contributed by atoms with Crippen LogP contribution in [0.4, 0.5) is 10.1 Å². The standard InChI is InChI=1S/C14H14FNO2S/c1-11-6-5-7-12(10-11)16(2)19(17,18)14-9-4-3-8-13(14)15/h3-10H,1-2H3. The Balaban J connectivity index is 2.49. The number of hydrogen-bond donors (Lipinski definition) is 0. The highest BCUT2D eigenvalue weighted by atomic mass is 32.2. The zero-order valence-corrected chi connectivity index (χ0v) is 11.5. The summed E-state index contributed by atoms with van der Waals surface area (Å²) in [6, 6.07) is 12.4. The minimum Gasteiger partial charge on any atom is -0.269 e. The van der Waals surface area contributed by atoms with Gasteiger partial charge in [0.25, 0.3) is 10.0 Å². The Morgan fingerprint density at radius 1 is 1.05 bits per heavy atom. The molecule has 0 aliphatic heterocycles. The minimum absolute atomic E-state index is 0.320. The number of halogens is 1. The molecule has 0 unspecified atom stereocenters. The van der Waals surface area contributed by atoms with Crippen molar-refractivity contribution < 1.29 is 12.8 Å². The van der Waals surface area contributed by atoms with E-state index in [1.807, 2.05) is 13.0 Å². The molecule has 0 fully saturated rings. The van der Waals surface area contributed by atoms with E-state index in [0.29, 0.717) is 5.69 Å². The summed E-state index contributed by atoms with van der Waals surface area (Å²) in [5.41, 5.74) is 1.44. The molecular weight excluding hydrogens is 265 g/mol. The Labute approximate surface area is 112 Å². The Hall–Kier alpha value is -1.88. The van der Waals surface area contributed by atoms with Crippen LogP contribution in [0.5, 0.6) is 0 Å². The first kappa shape index (κ1) is 13.5. The minimum atomic E-state index is -3.88. The van der Waals surface area contributed by atoms with Gasteiger partial charge >= 0.3 is 0 Å². The molecule has 100 valence electrons. The third-order valence-electron chi connectivity index (χ3n) is 2.84. The predicted octanol–water partition coefficient (Wildman–Crippen LogP) is 2.96. The largest absolute Gasteiger partial charge is 0.269 e. The first-order valence-electron chi connectivity index (χ1n) is 5.73. The van der Waals surface area contributed by atoms with E-state index in [-0.39, 0.29) is 4.90 Å². The Morgan fingerprint density at radius 2 is 1.74 bits per heavy atom. The summed E-state index contributed by atoms with van der Waals surface area (Å²) in [4.78, 5) is -0.320. The molecule has 0 saturated heterocycles. The van der Waals surface area contributed by atoms with Gasteiger partial charge < -0.3 is 0 Å². The van der Waals surface area contributed by atoms with Gasteiger partial charge in [-0.1, -0.05) is 24.3 Å². The highest BCUT2D eigenvalue weighted by molar-refractivity contribution is 7.92. The van der Waals surface area contributed by atoms with Gasteiger partial charge in [-0.15, -0.1) is 0 Å². The third-order valence-corrected chi connectivity index (χ3v) is 4.66. The number of benzene rings is 2. The van der Waals surface area contributed by atoms with Crippen molar-refractivity contribution in [3.63, 3.8) is 0 Å². The quantitative estimate of drug-likeness (QED) is 0.866. The summed E-state index contributed by atoms with van der Waals surface area (Å²) >= 11 is 0. The topological polar surface area (TPSA) is 37.4 Å². The van der Waals surface area contributed by atoms with Crippen molar-refractivity contribution in [2.24, 2.45) is 0 Å². The van der Waals surface area contributed by atoms with Crippen LogP contribution in [0, 0.1) is 12.7 Å². The molecule has 2 aromatic carbocycles. The molecule has 0 N–H and O–H groups in total. The first-order chi connectivity index (χ1) is 8.93. The van der Waals surface area contributed by atoms with Gasteiger partial charge in [0.1, 0.15) is 10.7 Å². The van der Waals surface area contributed by atoms with Crippen LogP contribution >= 0.6 is 0 Å². The highest BCUT2D eigenvalue weighted by Crippen LogP contribution is 2.24. The summed E-state index contributed by atoms with van der Waals surface area (Å²) in [6.45, 7) is 1.87. The molecule has 0 saturated carbocycles. The van der Waals surface area contributed by atoms with Gasteiger partial charge in [-0.2, -0.15) is 0 Å². The van der Waals surface area contributed by atoms with Crippen LogP contribution < -0.4 is 4.31 Å². The molecular formula is C14H14FNO2S. The molecule has 5 heteroatoms. The van der Waals surface area contributed by atoms with E-state index in [4.69, 9.17) is 0 Å². The molecule has 19 heavy (non-hydrogen) atoms. The second-order valence-corrected chi connectivity index (χ2v) is 6.18. The average molecular weight is 279 g/mol. The molecule has 0 aromatic heterocycles. The van der Waals surface area contributed by atoms with Crippen LogP contribution in [-0.4, -0.2) is 15.5 Å². The van der Waals surface area contributed by atoms with E-state index in [1.165, 1.54) is 25.2 Å². The van der Waals surface area contributed by atoms with E-state index < -0.39 is 15.8 Å². The lowest BCUT2D eigenvalue weighted by molar-refractivity contribution is 0.566. The van der Waals surface area contributed by atoms with Gasteiger partial charge in [0, 0.05) is 7.05 Å². The molecule has 0 aliphatic carbocycles. The predicted molar refractivity (Wildman–Crippen MR) is 73.2 cm³/mol. The molecule has 0 spiro atoms.